The fraction of sp³-hybridized carbons (Fsp3) is 0.407. The maximum Gasteiger partial charge on any atom is 0.168 e. The van der Waals surface area contributed by atoms with E-state index in [1.165, 1.54) is 0 Å². The van der Waals surface area contributed by atoms with Gasteiger partial charge in [-0.05, 0) is 67.6 Å². The topological polar surface area (TPSA) is 77.4 Å². The number of methoxy groups -OCH3 is 1. The molecular formula is C27H33NO5. The number of allylic oxidation sites excluding steroid dienone is 2. The number of carbonyl (C=O) groups excluding carboxylic acids is 1. The van der Waals surface area contributed by atoms with E-state index in [-0.39, 0.29) is 23.4 Å². The second-order valence-corrected chi connectivity index (χ2v) is 8.84. The minimum absolute atomic E-state index is 0.0226. The van der Waals surface area contributed by atoms with Crippen LogP contribution < -0.4 is 14.2 Å². The van der Waals surface area contributed by atoms with Gasteiger partial charge in [-0.3, -0.25) is 9.79 Å². The lowest BCUT2D eigenvalue weighted by Gasteiger charge is -2.31. The first-order valence-corrected chi connectivity index (χ1v) is 11.3. The predicted octanol–water partition coefficient (Wildman–Crippen LogP) is 6.01. The third kappa shape index (κ3) is 6.15. The van der Waals surface area contributed by atoms with Gasteiger partial charge in [0.15, 0.2) is 17.3 Å². The molecule has 0 unspecified atom stereocenters. The van der Waals surface area contributed by atoms with E-state index in [0.717, 1.165) is 11.3 Å². The summed E-state index contributed by atoms with van der Waals surface area (Å²) in [4.78, 5) is 17.8. The van der Waals surface area contributed by atoms with Crippen LogP contribution in [0.5, 0.6) is 17.2 Å². The van der Waals surface area contributed by atoms with Crippen LogP contribution in [0.1, 0.15) is 46.1 Å². The summed E-state index contributed by atoms with van der Waals surface area (Å²) in [5, 5.41) is 11.1. The molecule has 1 aliphatic carbocycles. The van der Waals surface area contributed by atoms with Gasteiger partial charge in [0.1, 0.15) is 11.5 Å². The zero-order chi connectivity index (χ0) is 24.0. The number of aliphatic hydroxyl groups excluding tert-OH is 1. The maximum atomic E-state index is 13.1. The van der Waals surface area contributed by atoms with Crippen molar-refractivity contribution in [1.29, 1.82) is 0 Å². The van der Waals surface area contributed by atoms with Crippen molar-refractivity contribution in [3.8, 4) is 17.2 Å². The molecule has 0 amide bonds. The summed E-state index contributed by atoms with van der Waals surface area (Å²) in [6.07, 6.45) is 1.16. The third-order valence-electron chi connectivity index (χ3n) is 5.46. The standard InChI is InChI=1S/C27H33NO5/c1-6-32-24-13-8-18(15-25(24)33-7-2)14-22(29)26-21(16-27(3,4)17-23(26)30)28-19-9-11-20(31-5)12-10-19/h8-13,15,29H,6-7,14,16-17H2,1-5H3/b26-22+,28-21?. The average Bonchev–Trinajstić information content (AvgIpc) is 2.75. The summed E-state index contributed by atoms with van der Waals surface area (Å²) < 4.78 is 16.5. The molecule has 0 aromatic heterocycles. The molecule has 1 fully saturated rings. The van der Waals surface area contributed by atoms with Crippen molar-refractivity contribution in [3.63, 3.8) is 0 Å². The first kappa shape index (κ1) is 24.4. The van der Waals surface area contributed by atoms with Gasteiger partial charge < -0.3 is 19.3 Å². The van der Waals surface area contributed by atoms with E-state index in [1.807, 2.05) is 70.2 Å². The summed E-state index contributed by atoms with van der Waals surface area (Å²) in [7, 11) is 1.61. The van der Waals surface area contributed by atoms with E-state index in [0.29, 0.717) is 54.5 Å². The highest BCUT2D eigenvalue weighted by atomic mass is 16.5. The van der Waals surface area contributed by atoms with Gasteiger partial charge in [0.2, 0.25) is 0 Å². The molecule has 6 nitrogen and oxygen atoms in total. The summed E-state index contributed by atoms with van der Waals surface area (Å²) in [6, 6.07) is 12.9. The van der Waals surface area contributed by atoms with Crippen LogP contribution in [-0.2, 0) is 11.2 Å². The van der Waals surface area contributed by atoms with Crippen molar-refractivity contribution in [2.45, 2.75) is 47.0 Å². The largest absolute Gasteiger partial charge is 0.511 e. The first-order valence-electron chi connectivity index (χ1n) is 11.3. The van der Waals surface area contributed by atoms with Crippen LogP contribution in [0.4, 0.5) is 5.69 Å². The number of hydrogen-bond acceptors (Lipinski definition) is 6. The minimum Gasteiger partial charge on any atom is -0.511 e. The van der Waals surface area contributed by atoms with Crippen LogP contribution in [0.25, 0.3) is 0 Å². The zero-order valence-electron chi connectivity index (χ0n) is 20.1. The highest BCUT2D eigenvalue weighted by Crippen LogP contribution is 2.37. The van der Waals surface area contributed by atoms with Crippen LogP contribution in [0.2, 0.25) is 0 Å². The Labute approximate surface area is 195 Å². The van der Waals surface area contributed by atoms with Crippen LogP contribution >= 0.6 is 0 Å². The normalized spacial score (nSPS) is 18.2. The van der Waals surface area contributed by atoms with E-state index in [1.54, 1.807) is 7.11 Å². The second kappa shape index (κ2) is 10.6. The molecule has 0 bridgehead atoms. The SMILES string of the molecule is CCOc1ccc(C/C(O)=C2\C(=O)CC(C)(C)CC2=Nc2ccc(OC)cc2)cc1OCC. The molecule has 1 aliphatic rings. The molecule has 176 valence electrons. The Hall–Kier alpha value is -3.28. The lowest BCUT2D eigenvalue weighted by atomic mass is 9.73. The molecule has 0 atom stereocenters. The monoisotopic (exact) mass is 451 g/mol. The van der Waals surface area contributed by atoms with Gasteiger partial charge in [-0.1, -0.05) is 19.9 Å². The van der Waals surface area contributed by atoms with E-state index in [4.69, 9.17) is 19.2 Å². The van der Waals surface area contributed by atoms with Crippen molar-refractivity contribution in [3.05, 3.63) is 59.4 Å². The van der Waals surface area contributed by atoms with Gasteiger partial charge in [-0.25, -0.2) is 0 Å². The number of aliphatic hydroxyl groups is 1. The molecule has 1 N–H and O–H groups in total. The number of ketones is 1. The number of hydrogen-bond donors (Lipinski definition) is 1. The van der Waals surface area contributed by atoms with Gasteiger partial charge >= 0.3 is 0 Å². The van der Waals surface area contributed by atoms with Gasteiger partial charge in [-0.2, -0.15) is 0 Å². The molecular weight excluding hydrogens is 418 g/mol. The predicted molar refractivity (Wildman–Crippen MR) is 130 cm³/mol. The molecule has 3 rings (SSSR count). The number of Topliss-reactive ketones (excluding diaryl/α,β-unsaturated/α-hetero) is 1. The van der Waals surface area contributed by atoms with Crippen molar-refractivity contribution >= 4 is 17.2 Å². The first-order chi connectivity index (χ1) is 15.8. The Bertz CT molecular complexity index is 1050. The summed E-state index contributed by atoms with van der Waals surface area (Å²) in [5.41, 5.74) is 2.23. The Morgan fingerprint density at radius 3 is 2.30 bits per heavy atom. The number of rotatable bonds is 8. The molecule has 0 saturated heterocycles. The van der Waals surface area contributed by atoms with Gasteiger partial charge in [0, 0.05) is 12.8 Å². The number of benzene rings is 2. The van der Waals surface area contributed by atoms with Crippen LogP contribution in [0.3, 0.4) is 0 Å². The highest BCUT2D eigenvalue weighted by molar-refractivity contribution is 6.25. The van der Waals surface area contributed by atoms with Crippen molar-refractivity contribution in [1.82, 2.24) is 0 Å². The molecule has 33 heavy (non-hydrogen) atoms. The van der Waals surface area contributed by atoms with E-state index in [9.17, 15) is 9.90 Å². The molecule has 6 heteroatoms. The van der Waals surface area contributed by atoms with Crippen molar-refractivity contribution < 1.29 is 24.1 Å². The zero-order valence-corrected chi connectivity index (χ0v) is 20.1. The van der Waals surface area contributed by atoms with Crippen molar-refractivity contribution in [2.24, 2.45) is 10.4 Å². The molecule has 0 radical (unpaired) electrons. The summed E-state index contributed by atoms with van der Waals surface area (Å²) >= 11 is 0. The number of aliphatic imine (C=N–C) groups is 1. The smallest absolute Gasteiger partial charge is 0.168 e. The molecule has 0 spiro atoms. The second-order valence-electron chi connectivity index (χ2n) is 8.84. The number of carbonyl (C=O) groups is 1. The van der Waals surface area contributed by atoms with Crippen LogP contribution in [0.15, 0.2) is 58.8 Å². The highest BCUT2D eigenvalue weighted by Gasteiger charge is 2.36. The lowest BCUT2D eigenvalue weighted by molar-refractivity contribution is -0.117. The van der Waals surface area contributed by atoms with Gasteiger partial charge in [0.25, 0.3) is 0 Å². The maximum absolute atomic E-state index is 13.1. The summed E-state index contributed by atoms with van der Waals surface area (Å²) in [5.74, 6) is 1.95. The van der Waals surface area contributed by atoms with Crippen LogP contribution in [-0.4, -0.2) is 36.9 Å². The van der Waals surface area contributed by atoms with Crippen molar-refractivity contribution in [2.75, 3.05) is 20.3 Å². The van der Waals surface area contributed by atoms with Gasteiger partial charge in [-0.15, -0.1) is 0 Å². The average molecular weight is 452 g/mol. The van der Waals surface area contributed by atoms with E-state index < -0.39 is 0 Å². The molecule has 2 aromatic rings. The fourth-order valence-electron chi connectivity index (χ4n) is 4.01. The fourth-order valence-corrected chi connectivity index (χ4v) is 4.01. The minimum atomic E-state index is -0.229. The molecule has 0 aliphatic heterocycles. The Morgan fingerprint density at radius 1 is 1.00 bits per heavy atom. The van der Waals surface area contributed by atoms with Gasteiger partial charge in [0.05, 0.1) is 37.3 Å². The summed E-state index contributed by atoms with van der Waals surface area (Å²) in [6.45, 7) is 8.95. The Morgan fingerprint density at radius 2 is 1.67 bits per heavy atom. The third-order valence-corrected chi connectivity index (χ3v) is 5.46. The van der Waals surface area contributed by atoms with E-state index in [2.05, 4.69) is 0 Å². The lowest BCUT2D eigenvalue weighted by Crippen LogP contribution is -2.32. The number of ether oxygens (including phenoxy) is 3. The quantitative estimate of drug-likeness (QED) is 0.393. The van der Waals surface area contributed by atoms with Crippen LogP contribution in [0, 0.1) is 5.41 Å². The molecule has 2 aromatic carbocycles. The number of nitrogens with zero attached hydrogens (tertiary/aromatic N) is 1. The Balaban J connectivity index is 1.98. The Kier molecular flexibility index (Phi) is 7.79. The molecule has 1 saturated carbocycles. The van der Waals surface area contributed by atoms with E-state index >= 15 is 0 Å². The molecule has 0 heterocycles.